The topological polar surface area (TPSA) is 101 Å². The number of hydrogen-bond acceptors (Lipinski definition) is 4. The molecule has 7 nitrogen and oxygen atoms in total. The first-order valence-corrected chi connectivity index (χ1v) is 6.13. The van der Waals surface area contributed by atoms with Gasteiger partial charge >= 0.3 is 5.97 Å². The average Bonchev–Trinajstić information content (AvgIpc) is 2.79. The summed E-state index contributed by atoms with van der Waals surface area (Å²) in [7, 11) is 1.73. The molecule has 7 heteroatoms. The van der Waals surface area contributed by atoms with E-state index < -0.39 is 17.9 Å². The van der Waals surface area contributed by atoms with Crippen molar-refractivity contribution in [1.82, 2.24) is 14.7 Å². The van der Waals surface area contributed by atoms with Crippen molar-refractivity contribution in [2.24, 2.45) is 12.8 Å². The van der Waals surface area contributed by atoms with Gasteiger partial charge in [0.05, 0.1) is 6.20 Å². The normalized spacial score (nSPS) is 13.9. The first-order valence-electron chi connectivity index (χ1n) is 6.13. The molecule has 19 heavy (non-hydrogen) atoms. The molecule has 1 aromatic rings. The van der Waals surface area contributed by atoms with Crippen LogP contribution in [0.1, 0.15) is 31.9 Å². The third kappa shape index (κ3) is 3.78. The smallest absolute Gasteiger partial charge is 0.323 e. The fourth-order valence-electron chi connectivity index (χ4n) is 1.74. The molecule has 0 bridgehead atoms. The van der Waals surface area contributed by atoms with Gasteiger partial charge in [-0.2, -0.15) is 5.10 Å². The number of nitrogens with two attached hydrogens (primary N) is 1. The van der Waals surface area contributed by atoms with Crippen molar-refractivity contribution < 1.29 is 14.7 Å². The summed E-state index contributed by atoms with van der Waals surface area (Å²) in [6, 6.07) is -1.06. The lowest BCUT2D eigenvalue weighted by Crippen LogP contribution is -2.46. The van der Waals surface area contributed by atoms with Crippen molar-refractivity contribution in [3.63, 3.8) is 0 Å². The van der Waals surface area contributed by atoms with Gasteiger partial charge in [-0.25, -0.2) is 0 Å². The minimum Gasteiger partial charge on any atom is -0.480 e. The summed E-state index contributed by atoms with van der Waals surface area (Å²) in [4.78, 5) is 24.4. The molecule has 0 saturated heterocycles. The highest BCUT2D eigenvalue weighted by Gasteiger charge is 2.27. The van der Waals surface area contributed by atoms with Crippen LogP contribution >= 0.6 is 0 Å². The summed E-state index contributed by atoms with van der Waals surface area (Å²) >= 11 is 0. The van der Waals surface area contributed by atoms with Crippen LogP contribution in [0.5, 0.6) is 0 Å². The highest BCUT2D eigenvalue weighted by molar-refractivity contribution is 5.86. The number of carbonyl (C=O) groups is 2. The highest BCUT2D eigenvalue weighted by atomic mass is 16.4. The number of rotatable bonds is 6. The Labute approximate surface area is 112 Å². The van der Waals surface area contributed by atoms with Gasteiger partial charge in [0.2, 0.25) is 5.91 Å². The monoisotopic (exact) mass is 268 g/mol. The number of hydrogen-bond donors (Lipinski definition) is 2. The second-order valence-electron chi connectivity index (χ2n) is 4.54. The molecule has 0 aromatic carbocycles. The van der Waals surface area contributed by atoms with Crippen LogP contribution < -0.4 is 5.73 Å². The van der Waals surface area contributed by atoms with E-state index in [2.05, 4.69) is 5.10 Å². The molecule has 106 valence electrons. The Kier molecular flexibility index (Phi) is 5.05. The van der Waals surface area contributed by atoms with E-state index in [9.17, 15) is 9.59 Å². The van der Waals surface area contributed by atoms with Crippen LogP contribution in [-0.2, 0) is 16.6 Å². The summed E-state index contributed by atoms with van der Waals surface area (Å²) in [5.74, 6) is -1.45. The standard InChI is InChI=1S/C12H20N4O3/c1-4-8(2)16(7-10(17)18)12(19)11(13)9-5-14-15(3)6-9/h5-6,8,11H,4,7,13H2,1-3H3,(H,17,18). The molecule has 1 amide bonds. The summed E-state index contributed by atoms with van der Waals surface area (Å²) in [5, 5.41) is 12.8. The van der Waals surface area contributed by atoms with Gasteiger partial charge in [0.1, 0.15) is 12.6 Å². The van der Waals surface area contributed by atoms with E-state index in [1.165, 1.54) is 11.1 Å². The lowest BCUT2D eigenvalue weighted by atomic mass is 10.1. The Hall–Kier alpha value is -1.89. The highest BCUT2D eigenvalue weighted by Crippen LogP contribution is 2.15. The number of carboxylic acid groups (broad SMARTS) is 1. The average molecular weight is 268 g/mol. The van der Waals surface area contributed by atoms with E-state index in [1.54, 1.807) is 24.9 Å². The molecule has 1 heterocycles. The van der Waals surface area contributed by atoms with Crippen LogP contribution in [0.25, 0.3) is 0 Å². The second-order valence-corrected chi connectivity index (χ2v) is 4.54. The van der Waals surface area contributed by atoms with Crippen LogP contribution in [0.3, 0.4) is 0 Å². The van der Waals surface area contributed by atoms with Crippen molar-refractivity contribution >= 4 is 11.9 Å². The molecule has 0 fully saturated rings. The van der Waals surface area contributed by atoms with Crippen LogP contribution in [0.2, 0.25) is 0 Å². The quantitative estimate of drug-likeness (QED) is 0.763. The molecular formula is C12H20N4O3. The predicted molar refractivity (Wildman–Crippen MR) is 69.2 cm³/mol. The van der Waals surface area contributed by atoms with E-state index in [1.807, 2.05) is 6.92 Å². The van der Waals surface area contributed by atoms with Crippen LogP contribution in [0.15, 0.2) is 12.4 Å². The zero-order valence-corrected chi connectivity index (χ0v) is 11.4. The Morgan fingerprint density at radius 2 is 2.21 bits per heavy atom. The number of aliphatic carboxylic acids is 1. The number of aryl methyl sites for hydroxylation is 1. The summed E-state index contributed by atoms with van der Waals surface area (Å²) in [6.45, 7) is 3.35. The van der Waals surface area contributed by atoms with Gasteiger partial charge < -0.3 is 15.7 Å². The molecule has 3 N–H and O–H groups in total. The molecule has 1 rings (SSSR count). The fraction of sp³-hybridized carbons (Fsp3) is 0.583. The van der Waals surface area contributed by atoms with Crippen molar-refractivity contribution in [3.8, 4) is 0 Å². The summed E-state index contributed by atoms with van der Waals surface area (Å²) < 4.78 is 1.55. The van der Waals surface area contributed by atoms with Gasteiger partial charge in [0, 0.05) is 24.8 Å². The van der Waals surface area contributed by atoms with E-state index in [4.69, 9.17) is 10.8 Å². The first-order chi connectivity index (χ1) is 8.86. The van der Waals surface area contributed by atoms with Crippen molar-refractivity contribution in [2.75, 3.05) is 6.54 Å². The predicted octanol–water partition coefficient (Wildman–Crippen LogP) is 0.132. The van der Waals surface area contributed by atoms with Gasteiger partial charge in [0.25, 0.3) is 0 Å². The number of carbonyl (C=O) groups excluding carboxylic acids is 1. The van der Waals surface area contributed by atoms with Gasteiger partial charge in [-0.1, -0.05) is 6.92 Å². The van der Waals surface area contributed by atoms with E-state index >= 15 is 0 Å². The van der Waals surface area contributed by atoms with Gasteiger partial charge in [-0.15, -0.1) is 0 Å². The maximum Gasteiger partial charge on any atom is 0.323 e. The lowest BCUT2D eigenvalue weighted by Gasteiger charge is -2.29. The number of amides is 1. The van der Waals surface area contributed by atoms with Crippen LogP contribution in [0, 0.1) is 0 Å². The number of aromatic nitrogens is 2. The van der Waals surface area contributed by atoms with E-state index in [0.717, 1.165) is 0 Å². The van der Waals surface area contributed by atoms with Gasteiger partial charge in [0.15, 0.2) is 0 Å². The lowest BCUT2D eigenvalue weighted by molar-refractivity contribution is -0.146. The molecule has 0 aliphatic rings. The maximum absolute atomic E-state index is 12.3. The van der Waals surface area contributed by atoms with Crippen LogP contribution in [-0.4, -0.2) is 44.3 Å². The molecular weight excluding hydrogens is 248 g/mol. The minimum absolute atomic E-state index is 0.175. The van der Waals surface area contributed by atoms with Gasteiger partial charge in [-0.3, -0.25) is 14.3 Å². The maximum atomic E-state index is 12.3. The SMILES string of the molecule is CCC(C)N(CC(=O)O)C(=O)C(N)c1cnn(C)c1. The van der Waals surface area contributed by atoms with Crippen LogP contribution in [0.4, 0.5) is 0 Å². The molecule has 1 aromatic heterocycles. The Morgan fingerprint density at radius 1 is 1.58 bits per heavy atom. The Bertz CT molecular complexity index is 458. The van der Waals surface area contributed by atoms with Crippen molar-refractivity contribution in [1.29, 1.82) is 0 Å². The molecule has 2 atom stereocenters. The molecule has 0 spiro atoms. The molecule has 0 aliphatic carbocycles. The molecule has 0 aliphatic heterocycles. The van der Waals surface area contributed by atoms with E-state index in [-0.39, 0.29) is 12.6 Å². The molecule has 0 radical (unpaired) electrons. The van der Waals surface area contributed by atoms with Gasteiger partial charge in [-0.05, 0) is 13.3 Å². The zero-order valence-electron chi connectivity index (χ0n) is 11.4. The summed E-state index contributed by atoms with van der Waals surface area (Å²) in [5.41, 5.74) is 6.46. The fourth-order valence-corrected chi connectivity index (χ4v) is 1.74. The Balaban J connectivity index is 2.89. The summed E-state index contributed by atoms with van der Waals surface area (Å²) in [6.07, 6.45) is 3.83. The second kappa shape index (κ2) is 6.33. The van der Waals surface area contributed by atoms with Crippen molar-refractivity contribution in [3.05, 3.63) is 18.0 Å². The van der Waals surface area contributed by atoms with Crippen molar-refractivity contribution in [2.45, 2.75) is 32.4 Å². The molecule has 0 saturated carbocycles. The Morgan fingerprint density at radius 3 is 2.63 bits per heavy atom. The third-order valence-electron chi connectivity index (χ3n) is 3.06. The minimum atomic E-state index is -1.05. The number of nitrogens with zero attached hydrogens (tertiary/aromatic N) is 3. The first kappa shape index (κ1) is 15.2. The third-order valence-corrected chi connectivity index (χ3v) is 3.06. The number of carboxylic acids is 1. The molecule has 2 unspecified atom stereocenters. The van der Waals surface area contributed by atoms with E-state index in [0.29, 0.717) is 12.0 Å². The largest absolute Gasteiger partial charge is 0.480 e. The zero-order chi connectivity index (χ0) is 14.6.